The number of nitrogens with one attached hydrogen (secondary N) is 2. The van der Waals surface area contributed by atoms with E-state index in [9.17, 15) is 9.18 Å². The molecule has 166 valence electrons. The van der Waals surface area contributed by atoms with Crippen molar-refractivity contribution in [3.63, 3.8) is 0 Å². The van der Waals surface area contributed by atoms with Crippen LogP contribution in [0.2, 0.25) is 0 Å². The van der Waals surface area contributed by atoms with Crippen molar-refractivity contribution in [2.24, 2.45) is 4.99 Å². The van der Waals surface area contributed by atoms with Crippen molar-refractivity contribution in [1.82, 2.24) is 15.5 Å². The van der Waals surface area contributed by atoms with Crippen molar-refractivity contribution in [2.75, 3.05) is 20.1 Å². The number of benzene rings is 2. The summed E-state index contributed by atoms with van der Waals surface area (Å²) in [4.78, 5) is 18.2. The number of amides is 1. The Morgan fingerprint density at radius 2 is 1.81 bits per heavy atom. The quantitative estimate of drug-likeness (QED) is 0.320. The zero-order valence-electron chi connectivity index (χ0n) is 17.9. The number of aliphatic imine (C=N–C) groups is 1. The van der Waals surface area contributed by atoms with Gasteiger partial charge in [-0.05, 0) is 42.0 Å². The predicted molar refractivity (Wildman–Crippen MR) is 132 cm³/mol. The second-order valence-corrected chi connectivity index (χ2v) is 8.23. The van der Waals surface area contributed by atoms with E-state index in [2.05, 4.69) is 27.8 Å². The van der Waals surface area contributed by atoms with Crippen molar-refractivity contribution < 1.29 is 9.18 Å². The highest BCUT2D eigenvalue weighted by Crippen LogP contribution is 2.48. The minimum atomic E-state index is -0.142. The average Bonchev–Trinajstić information content (AvgIpc) is 3.44. The number of hydrogen-bond donors (Lipinski definition) is 2. The summed E-state index contributed by atoms with van der Waals surface area (Å²) in [7, 11) is 1.74. The maximum Gasteiger partial charge on any atom is 0.222 e. The van der Waals surface area contributed by atoms with Gasteiger partial charge in [-0.25, -0.2) is 4.39 Å². The van der Waals surface area contributed by atoms with E-state index in [4.69, 9.17) is 0 Å². The largest absolute Gasteiger partial charge is 0.356 e. The van der Waals surface area contributed by atoms with E-state index >= 15 is 0 Å². The van der Waals surface area contributed by atoms with Gasteiger partial charge in [0.25, 0.3) is 0 Å². The molecule has 2 aliphatic rings. The predicted octanol–water partition coefficient (Wildman–Crippen LogP) is 3.96. The molecule has 1 aliphatic heterocycles. The van der Waals surface area contributed by atoms with Gasteiger partial charge in [0.1, 0.15) is 5.82 Å². The van der Waals surface area contributed by atoms with Crippen LogP contribution in [0.4, 0.5) is 4.39 Å². The Balaban J connectivity index is 0.00000272. The molecule has 0 atom stereocenters. The van der Waals surface area contributed by atoms with Crippen LogP contribution in [0.3, 0.4) is 0 Å². The fourth-order valence-corrected chi connectivity index (χ4v) is 4.20. The minimum absolute atomic E-state index is 0. The molecule has 5 nitrogen and oxygen atoms in total. The molecule has 0 spiro atoms. The summed E-state index contributed by atoms with van der Waals surface area (Å²) in [6.45, 7) is 2.75. The Morgan fingerprint density at radius 3 is 2.45 bits per heavy atom. The fourth-order valence-electron chi connectivity index (χ4n) is 4.20. The zero-order chi connectivity index (χ0) is 21.0. The molecule has 1 saturated carbocycles. The number of likely N-dealkylation sites (tertiary alicyclic amines) is 1. The minimum Gasteiger partial charge on any atom is -0.356 e. The number of rotatable bonds is 7. The van der Waals surface area contributed by atoms with Gasteiger partial charge in [0, 0.05) is 45.1 Å². The van der Waals surface area contributed by atoms with Crippen LogP contribution in [0.1, 0.15) is 42.4 Å². The van der Waals surface area contributed by atoms with Gasteiger partial charge in [0.15, 0.2) is 5.96 Å². The van der Waals surface area contributed by atoms with E-state index in [-0.39, 0.29) is 41.1 Å². The lowest BCUT2D eigenvalue weighted by molar-refractivity contribution is -0.128. The van der Waals surface area contributed by atoms with E-state index < -0.39 is 0 Å². The van der Waals surface area contributed by atoms with Crippen LogP contribution >= 0.6 is 24.0 Å². The number of halogens is 2. The highest BCUT2D eigenvalue weighted by molar-refractivity contribution is 14.0. The third-order valence-corrected chi connectivity index (χ3v) is 6.21. The first-order chi connectivity index (χ1) is 14.6. The van der Waals surface area contributed by atoms with Crippen LogP contribution in [-0.2, 0) is 23.3 Å². The number of nitrogens with zero attached hydrogens (tertiary/aromatic N) is 2. The first kappa shape index (κ1) is 23.5. The number of carbonyl (C=O) groups excluding carboxylic acids is 1. The molecule has 1 aliphatic carbocycles. The van der Waals surface area contributed by atoms with Crippen LogP contribution in [0, 0.1) is 5.82 Å². The number of guanidine groups is 1. The Labute approximate surface area is 200 Å². The molecule has 1 saturated heterocycles. The van der Waals surface area contributed by atoms with Gasteiger partial charge in [-0.1, -0.05) is 42.5 Å². The molecule has 1 amide bonds. The number of carbonyl (C=O) groups is 1. The van der Waals surface area contributed by atoms with Gasteiger partial charge in [0.2, 0.25) is 5.91 Å². The van der Waals surface area contributed by atoms with Gasteiger partial charge in [-0.2, -0.15) is 0 Å². The lowest BCUT2D eigenvalue weighted by Gasteiger charge is -2.21. The average molecular weight is 536 g/mol. The van der Waals surface area contributed by atoms with Crippen LogP contribution in [0.25, 0.3) is 0 Å². The summed E-state index contributed by atoms with van der Waals surface area (Å²) < 4.78 is 14.2. The molecule has 2 aromatic rings. The number of hydrogen-bond acceptors (Lipinski definition) is 2. The molecular weight excluding hydrogens is 506 g/mol. The van der Waals surface area contributed by atoms with E-state index in [1.54, 1.807) is 13.1 Å². The molecule has 0 radical (unpaired) electrons. The molecule has 2 fully saturated rings. The molecule has 0 unspecified atom stereocenters. The van der Waals surface area contributed by atoms with E-state index in [1.807, 2.05) is 29.2 Å². The Bertz CT molecular complexity index is 945. The maximum absolute atomic E-state index is 14.2. The van der Waals surface area contributed by atoms with E-state index in [0.717, 1.165) is 42.5 Å². The lowest BCUT2D eigenvalue weighted by Crippen LogP contribution is -2.41. The van der Waals surface area contributed by atoms with Crippen molar-refractivity contribution in [3.05, 3.63) is 71.0 Å². The normalized spacial score (nSPS) is 17.3. The van der Waals surface area contributed by atoms with E-state index in [1.165, 1.54) is 6.07 Å². The maximum atomic E-state index is 14.2. The first-order valence-corrected chi connectivity index (χ1v) is 10.7. The molecule has 2 aromatic carbocycles. The van der Waals surface area contributed by atoms with Crippen LogP contribution in [0.15, 0.2) is 53.5 Å². The highest BCUT2D eigenvalue weighted by atomic mass is 127. The Kier molecular flexibility index (Phi) is 7.91. The highest BCUT2D eigenvalue weighted by Gasteiger charge is 2.45. The molecular formula is C24H30FIN4O. The molecule has 4 rings (SSSR count). The Morgan fingerprint density at radius 1 is 1.10 bits per heavy atom. The lowest BCUT2D eigenvalue weighted by atomic mass is 9.95. The monoisotopic (exact) mass is 536 g/mol. The molecule has 7 heteroatoms. The second kappa shape index (κ2) is 10.4. The van der Waals surface area contributed by atoms with Gasteiger partial charge in [-0.3, -0.25) is 9.79 Å². The van der Waals surface area contributed by atoms with Gasteiger partial charge in [0.05, 0.1) is 0 Å². The summed E-state index contributed by atoms with van der Waals surface area (Å²) in [5.41, 5.74) is 2.95. The van der Waals surface area contributed by atoms with Crippen LogP contribution in [-0.4, -0.2) is 36.9 Å². The molecule has 31 heavy (non-hydrogen) atoms. The SMILES string of the molecule is CN=C(NCc1ccccc1CN1CCCC1=O)NCC1(c2ccccc2F)CC1.I. The fraction of sp³-hybridized carbons (Fsp3) is 0.417. The molecule has 1 heterocycles. The van der Waals surface area contributed by atoms with Crippen molar-refractivity contribution in [3.8, 4) is 0 Å². The summed E-state index contributed by atoms with van der Waals surface area (Å²) in [6.07, 6.45) is 3.55. The second-order valence-electron chi connectivity index (χ2n) is 8.23. The third-order valence-electron chi connectivity index (χ3n) is 6.21. The smallest absolute Gasteiger partial charge is 0.222 e. The van der Waals surface area contributed by atoms with Crippen molar-refractivity contribution in [2.45, 2.75) is 44.2 Å². The van der Waals surface area contributed by atoms with Gasteiger partial charge < -0.3 is 15.5 Å². The molecule has 0 bridgehead atoms. The molecule has 0 aromatic heterocycles. The van der Waals surface area contributed by atoms with E-state index in [0.29, 0.717) is 32.0 Å². The zero-order valence-corrected chi connectivity index (χ0v) is 20.2. The summed E-state index contributed by atoms with van der Waals surface area (Å²) in [6, 6.07) is 15.2. The topological polar surface area (TPSA) is 56.7 Å². The van der Waals surface area contributed by atoms with Crippen LogP contribution < -0.4 is 10.6 Å². The first-order valence-electron chi connectivity index (χ1n) is 10.7. The van der Waals surface area contributed by atoms with Crippen molar-refractivity contribution >= 4 is 35.8 Å². The Hall–Kier alpha value is -2.16. The third kappa shape index (κ3) is 5.56. The summed E-state index contributed by atoms with van der Waals surface area (Å²) in [5, 5.41) is 6.75. The summed E-state index contributed by atoms with van der Waals surface area (Å²) in [5.74, 6) is 0.799. The standard InChI is InChI=1S/C24H29FN4O.HI/c1-26-23(28-17-24(12-13-24)20-9-4-5-10-21(20)25)27-15-18-7-2-3-8-19(18)16-29-14-6-11-22(29)30;/h2-5,7-10H,6,11-17H2,1H3,(H2,26,27,28);1H. The molecule has 2 N–H and O–H groups in total. The van der Waals surface area contributed by atoms with Gasteiger partial charge in [-0.15, -0.1) is 24.0 Å². The van der Waals surface area contributed by atoms with Crippen molar-refractivity contribution in [1.29, 1.82) is 0 Å². The van der Waals surface area contributed by atoms with Crippen LogP contribution in [0.5, 0.6) is 0 Å². The van der Waals surface area contributed by atoms with Gasteiger partial charge >= 0.3 is 0 Å². The summed E-state index contributed by atoms with van der Waals surface area (Å²) >= 11 is 0.